The number of nitrogens with one attached hydrogen (secondary N) is 1. The maximum atomic E-state index is 11.7. The van der Waals surface area contributed by atoms with Crippen molar-refractivity contribution >= 4 is 49.9 Å². The minimum atomic E-state index is -0.997. The van der Waals surface area contributed by atoms with Gasteiger partial charge in [0.25, 0.3) is 0 Å². The average molecular weight is 396 g/mol. The van der Waals surface area contributed by atoms with Gasteiger partial charge in [-0.25, -0.2) is 4.79 Å². The van der Waals surface area contributed by atoms with Crippen molar-refractivity contribution in [1.29, 1.82) is 0 Å². The first-order valence-electron chi connectivity index (χ1n) is 7.74. The van der Waals surface area contributed by atoms with E-state index in [9.17, 15) is 14.1 Å². The number of aromatic carboxylic acids is 1. The first-order chi connectivity index (χ1) is 11.8. The van der Waals surface area contributed by atoms with Gasteiger partial charge in [0, 0.05) is 33.4 Å². The molecule has 0 bridgehead atoms. The van der Waals surface area contributed by atoms with E-state index < -0.39 is 16.8 Å². The van der Waals surface area contributed by atoms with Crippen LogP contribution in [0.1, 0.15) is 41.4 Å². The molecule has 0 aliphatic carbocycles. The van der Waals surface area contributed by atoms with Crippen LogP contribution in [0.2, 0.25) is 5.02 Å². The van der Waals surface area contributed by atoms with E-state index in [0.29, 0.717) is 22.3 Å². The molecule has 0 saturated carbocycles. The molecule has 7 heteroatoms. The summed E-state index contributed by atoms with van der Waals surface area (Å²) in [6, 6.07) is 5.42. The van der Waals surface area contributed by atoms with Gasteiger partial charge in [-0.2, -0.15) is 0 Å². The third-order valence-electron chi connectivity index (χ3n) is 4.08. The Morgan fingerprint density at radius 1 is 1.40 bits per heavy atom. The van der Waals surface area contributed by atoms with Gasteiger partial charge in [0.1, 0.15) is 5.69 Å². The van der Waals surface area contributed by atoms with Crippen LogP contribution in [0.5, 0.6) is 0 Å². The summed E-state index contributed by atoms with van der Waals surface area (Å²) in [4.78, 5) is 14.8. The molecule has 0 saturated heterocycles. The van der Waals surface area contributed by atoms with E-state index in [1.807, 2.05) is 12.1 Å². The van der Waals surface area contributed by atoms with Crippen molar-refractivity contribution in [3.05, 3.63) is 45.4 Å². The lowest BCUT2D eigenvalue weighted by molar-refractivity contribution is 0.0692. The van der Waals surface area contributed by atoms with E-state index in [2.05, 4.69) is 24.2 Å². The van der Waals surface area contributed by atoms with Crippen LogP contribution in [0.15, 0.2) is 23.6 Å². The van der Waals surface area contributed by atoms with Crippen LogP contribution in [0.3, 0.4) is 0 Å². The molecule has 0 fully saturated rings. The van der Waals surface area contributed by atoms with Gasteiger partial charge in [0.2, 0.25) is 0 Å². The van der Waals surface area contributed by atoms with E-state index in [4.69, 9.17) is 11.6 Å². The third kappa shape index (κ3) is 3.38. The molecule has 2 heterocycles. The first kappa shape index (κ1) is 18.2. The third-order valence-corrected chi connectivity index (χ3v) is 6.17. The second-order valence-corrected chi connectivity index (χ2v) is 8.98. The molecule has 1 atom stereocenters. The Morgan fingerprint density at radius 3 is 2.68 bits per heavy atom. The van der Waals surface area contributed by atoms with Crippen LogP contribution < -0.4 is 0 Å². The van der Waals surface area contributed by atoms with E-state index in [0.717, 1.165) is 26.9 Å². The van der Waals surface area contributed by atoms with Crippen molar-refractivity contribution < 1.29 is 14.1 Å². The summed E-state index contributed by atoms with van der Waals surface area (Å²) in [5.41, 5.74) is 4.36. The molecule has 4 nitrogen and oxygen atoms in total. The Bertz CT molecular complexity index is 988. The molecule has 0 radical (unpaired) electrons. The van der Waals surface area contributed by atoms with Crippen LogP contribution in [-0.4, -0.2) is 26.5 Å². The van der Waals surface area contributed by atoms with Gasteiger partial charge in [-0.15, -0.1) is 11.3 Å². The molecule has 3 aromatic rings. The number of H-pyrrole nitrogens is 1. The second-order valence-electron chi connectivity index (χ2n) is 6.25. The largest absolute Gasteiger partial charge is 0.477 e. The van der Waals surface area contributed by atoms with Gasteiger partial charge in [-0.1, -0.05) is 37.6 Å². The number of rotatable bonds is 5. The van der Waals surface area contributed by atoms with E-state index >= 15 is 0 Å². The van der Waals surface area contributed by atoms with Crippen LogP contribution in [0.25, 0.3) is 21.3 Å². The molecular formula is C18H18ClNO3S2. The number of thiophene rings is 1. The monoisotopic (exact) mass is 395 g/mol. The standard InChI is InChI=1S/C18H18ClNO3S2/c1-9(2)12-7-24-17-14(16(18(21)22)20-15(12)17)10-4-5-11(8-25(3)23)13(19)6-10/h4-7,9,20H,8H2,1-3H3,(H,21,22). The molecule has 1 unspecified atom stereocenters. The molecule has 0 aliphatic rings. The van der Waals surface area contributed by atoms with E-state index in [-0.39, 0.29) is 5.69 Å². The number of carboxylic acid groups (broad SMARTS) is 1. The highest BCUT2D eigenvalue weighted by Gasteiger charge is 2.23. The van der Waals surface area contributed by atoms with Crippen molar-refractivity contribution in [3.63, 3.8) is 0 Å². The molecule has 3 rings (SSSR count). The molecular weight excluding hydrogens is 378 g/mol. The van der Waals surface area contributed by atoms with Crippen molar-refractivity contribution in [2.75, 3.05) is 6.26 Å². The Labute approximate surface area is 157 Å². The Kier molecular flexibility index (Phi) is 5.04. The molecule has 2 aromatic heterocycles. The topological polar surface area (TPSA) is 70.2 Å². The molecule has 1 aromatic carbocycles. The summed E-state index contributed by atoms with van der Waals surface area (Å²) in [6.07, 6.45) is 1.63. The number of halogens is 1. The maximum Gasteiger partial charge on any atom is 0.353 e. The van der Waals surface area contributed by atoms with Crippen molar-refractivity contribution in [2.24, 2.45) is 0 Å². The van der Waals surface area contributed by atoms with E-state index in [1.54, 1.807) is 12.3 Å². The molecule has 2 N–H and O–H groups in total. The molecule has 0 aliphatic heterocycles. The van der Waals surface area contributed by atoms with Gasteiger partial charge in [0.15, 0.2) is 0 Å². The minimum Gasteiger partial charge on any atom is -0.477 e. The number of aromatic amines is 1. The predicted octanol–water partition coefficient (Wildman–Crippen LogP) is 5.25. The quantitative estimate of drug-likeness (QED) is 0.619. The summed E-state index contributed by atoms with van der Waals surface area (Å²) >= 11 is 7.88. The van der Waals surface area contributed by atoms with Gasteiger partial charge in [-0.05, 0) is 34.1 Å². The molecule has 25 heavy (non-hydrogen) atoms. The highest BCUT2D eigenvalue weighted by molar-refractivity contribution is 7.83. The fourth-order valence-corrected chi connectivity index (χ4v) is 5.16. The zero-order chi connectivity index (χ0) is 18.3. The Hall–Kier alpha value is -1.63. The smallest absolute Gasteiger partial charge is 0.353 e. The van der Waals surface area contributed by atoms with Gasteiger partial charge >= 0.3 is 5.97 Å². The van der Waals surface area contributed by atoms with Gasteiger partial charge in [0.05, 0.1) is 10.2 Å². The summed E-state index contributed by atoms with van der Waals surface area (Å²) in [5.74, 6) is -0.320. The lowest BCUT2D eigenvalue weighted by Gasteiger charge is -2.06. The number of hydrogen-bond donors (Lipinski definition) is 2. The fourth-order valence-electron chi connectivity index (χ4n) is 2.88. The van der Waals surface area contributed by atoms with Gasteiger partial charge in [-0.3, -0.25) is 4.21 Å². The summed E-state index contributed by atoms with van der Waals surface area (Å²) in [5, 5.41) is 12.2. The summed E-state index contributed by atoms with van der Waals surface area (Å²) in [7, 11) is -0.989. The first-order valence-corrected chi connectivity index (χ1v) is 10.7. The zero-order valence-electron chi connectivity index (χ0n) is 14.1. The molecule has 132 valence electrons. The van der Waals surface area contributed by atoms with Crippen LogP contribution >= 0.6 is 22.9 Å². The van der Waals surface area contributed by atoms with Crippen molar-refractivity contribution in [2.45, 2.75) is 25.5 Å². The van der Waals surface area contributed by atoms with Crippen molar-refractivity contribution in [3.8, 4) is 11.1 Å². The van der Waals surface area contributed by atoms with Gasteiger partial charge < -0.3 is 10.1 Å². The van der Waals surface area contributed by atoms with Crippen LogP contribution in [0, 0.1) is 0 Å². The molecule has 0 spiro atoms. The Balaban J connectivity index is 2.20. The lowest BCUT2D eigenvalue weighted by atomic mass is 10.0. The van der Waals surface area contributed by atoms with E-state index in [1.165, 1.54) is 11.3 Å². The average Bonchev–Trinajstić information content (AvgIpc) is 3.07. The number of fused-ring (bicyclic) bond motifs is 1. The predicted molar refractivity (Wildman–Crippen MR) is 105 cm³/mol. The summed E-state index contributed by atoms with van der Waals surface area (Å²) < 4.78 is 12.4. The van der Waals surface area contributed by atoms with Crippen LogP contribution in [0.4, 0.5) is 0 Å². The number of aromatic nitrogens is 1. The number of hydrogen-bond acceptors (Lipinski definition) is 3. The van der Waals surface area contributed by atoms with Crippen molar-refractivity contribution in [1.82, 2.24) is 4.98 Å². The normalized spacial score (nSPS) is 12.8. The second kappa shape index (κ2) is 6.94. The minimum absolute atomic E-state index is 0.173. The fraction of sp³-hybridized carbons (Fsp3) is 0.278. The summed E-state index contributed by atoms with van der Waals surface area (Å²) in [6.45, 7) is 4.16. The maximum absolute atomic E-state index is 11.7. The Morgan fingerprint density at radius 2 is 2.12 bits per heavy atom. The SMILES string of the molecule is CC(C)c1csc2c(-c3ccc(CS(C)=O)c(Cl)c3)c(C(=O)O)[nH]c12. The highest BCUT2D eigenvalue weighted by atomic mass is 35.5. The number of carboxylic acids is 1. The number of benzene rings is 1. The van der Waals surface area contributed by atoms with Crippen LogP contribution in [-0.2, 0) is 16.6 Å². The molecule has 0 amide bonds. The zero-order valence-corrected chi connectivity index (χ0v) is 16.4. The highest BCUT2D eigenvalue weighted by Crippen LogP contribution is 2.41. The number of carbonyl (C=O) groups is 1. The lowest BCUT2D eigenvalue weighted by Crippen LogP contribution is -1.99.